The van der Waals surface area contributed by atoms with Gasteiger partial charge in [0, 0.05) is 0 Å². The van der Waals surface area contributed by atoms with Crippen LogP contribution in [0.4, 0.5) is 0 Å². The van der Waals surface area contributed by atoms with E-state index in [0.717, 1.165) is 23.7 Å². The van der Waals surface area contributed by atoms with Gasteiger partial charge >= 0.3 is 0 Å². The second-order valence-corrected chi connectivity index (χ2v) is 5.90. The molecule has 0 heterocycles. The van der Waals surface area contributed by atoms with Crippen LogP contribution in [-0.4, -0.2) is 4.43 Å². The lowest BCUT2D eigenvalue weighted by Crippen LogP contribution is -2.48. The highest BCUT2D eigenvalue weighted by atomic mass is 127. The zero-order valence-corrected chi connectivity index (χ0v) is 10.8. The Bertz CT molecular complexity index is 161. The number of alkyl halides is 1. The van der Waals surface area contributed by atoms with Gasteiger partial charge in [-0.3, -0.25) is 0 Å². The van der Waals surface area contributed by atoms with Crippen LogP contribution in [0.1, 0.15) is 45.4 Å². The van der Waals surface area contributed by atoms with Gasteiger partial charge in [0.1, 0.15) is 0 Å². The second-order valence-electron chi connectivity index (χ2n) is 4.83. The molecule has 4 unspecified atom stereocenters. The lowest BCUT2D eigenvalue weighted by Gasteiger charge is -2.55. The zero-order chi connectivity index (χ0) is 9.26. The van der Waals surface area contributed by atoms with Gasteiger partial charge in [-0.2, -0.15) is 0 Å². The number of hydrogen-bond donors (Lipinski definition) is 0. The average Bonchev–Trinajstić information content (AvgIpc) is 2.16. The lowest BCUT2D eigenvalue weighted by molar-refractivity contribution is -0.0556. The molecule has 0 spiro atoms. The highest BCUT2D eigenvalue weighted by Gasteiger charge is 2.48. The van der Waals surface area contributed by atoms with Crippen LogP contribution in [0.25, 0.3) is 0 Å². The van der Waals surface area contributed by atoms with Crippen molar-refractivity contribution in [3.63, 3.8) is 0 Å². The smallest absolute Gasteiger partial charge is 0.000188 e. The van der Waals surface area contributed by atoms with E-state index in [2.05, 4.69) is 29.5 Å². The van der Waals surface area contributed by atoms with Crippen LogP contribution in [0.2, 0.25) is 0 Å². The van der Waals surface area contributed by atoms with Gasteiger partial charge in [0.05, 0.1) is 0 Å². The molecule has 2 saturated carbocycles. The molecule has 13 heavy (non-hydrogen) atoms. The summed E-state index contributed by atoms with van der Waals surface area (Å²) in [5.74, 6) is 4.52. The van der Waals surface area contributed by atoms with Crippen LogP contribution >= 0.6 is 22.6 Å². The molecular weight excluding hydrogens is 271 g/mol. The Hall–Kier alpha value is 0.730. The summed E-state index contributed by atoms with van der Waals surface area (Å²) < 4.78 is 1.38. The molecule has 2 fully saturated rings. The van der Waals surface area contributed by atoms with Gasteiger partial charge < -0.3 is 0 Å². The maximum Gasteiger partial charge on any atom is -0.000188 e. The molecule has 0 aromatic rings. The van der Waals surface area contributed by atoms with E-state index in [4.69, 9.17) is 0 Å². The predicted molar refractivity (Wildman–Crippen MR) is 66.2 cm³/mol. The summed E-state index contributed by atoms with van der Waals surface area (Å²) in [6, 6.07) is 0. The fourth-order valence-corrected chi connectivity index (χ4v) is 4.62. The fraction of sp³-hybridized carbons (Fsp3) is 1.00. The number of rotatable bonds is 3. The highest BCUT2D eigenvalue weighted by molar-refractivity contribution is 14.1. The molecule has 0 radical (unpaired) electrons. The molecule has 4 atom stereocenters. The Morgan fingerprint density at radius 3 is 2.23 bits per heavy atom. The van der Waals surface area contributed by atoms with Crippen LogP contribution in [0, 0.1) is 23.7 Å². The topological polar surface area (TPSA) is 0 Å². The minimum atomic E-state index is 1.11. The second kappa shape index (κ2) is 4.50. The monoisotopic (exact) mass is 292 g/mol. The van der Waals surface area contributed by atoms with E-state index in [1.165, 1.54) is 30.1 Å². The minimum Gasteiger partial charge on any atom is -0.0864 e. The van der Waals surface area contributed by atoms with Gasteiger partial charge in [-0.05, 0) is 47.4 Å². The van der Waals surface area contributed by atoms with Crippen LogP contribution in [0.3, 0.4) is 0 Å². The molecular formula is C12H21I. The Kier molecular flexibility index (Phi) is 3.55. The molecule has 0 bridgehead atoms. The Labute approximate surface area is 96.0 Å². The van der Waals surface area contributed by atoms with E-state index >= 15 is 0 Å². The molecule has 0 aromatic heterocycles. The molecule has 2 rings (SSSR count). The van der Waals surface area contributed by atoms with Gasteiger partial charge in [0.15, 0.2) is 0 Å². The summed E-state index contributed by atoms with van der Waals surface area (Å²) in [6.45, 7) is 2.40. The van der Waals surface area contributed by atoms with Crippen molar-refractivity contribution in [2.45, 2.75) is 45.4 Å². The van der Waals surface area contributed by atoms with Crippen molar-refractivity contribution < 1.29 is 0 Å². The third kappa shape index (κ3) is 1.78. The van der Waals surface area contributed by atoms with Crippen LogP contribution in [0.15, 0.2) is 0 Å². The lowest BCUT2D eigenvalue weighted by atomic mass is 9.50. The zero-order valence-electron chi connectivity index (χ0n) is 8.64. The molecule has 0 nitrogen and oxygen atoms in total. The highest BCUT2D eigenvalue weighted by Crippen LogP contribution is 2.56. The molecule has 0 amide bonds. The summed E-state index contributed by atoms with van der Waals surface area (Å²) >= 11 is 2.55. The van der Waals surface area contributed by atoms with Crippen molar-refractivity contribution in [1.29, 1.82) is 0 Å². The summed E-state index contributed by atoms with van der Waals surface area (Å²) in [4.78, 5) is 0. The molecule has 0 N–H and O–H groups in total. The van der Waals surface area contributed by atoms with Crippen molar-refractivity contribution in [3.05, 3.63) is 0 Å². The Morgan fingerprint density at radius 2 is 1.69 bits per heavy atom. The number of hydrogen-bond acceptors (Lipinski definition) is 0. The van der Waals surface area contributed by atoms with Crippen LogP contribution < -0.4 is 0 Å². The van der Waals surface area contributed by atoms with Crippen LogP contribution in [-0.2, 0) is 0 Å². The van der Waals surface area contributed by atoms with Gasteiger partial charge in [-0.25, -0.2) is 0 Å². The van der Waals surface area contributed by atoms with E-state index in [9.17, 15) is 0 Å². The quantitative estimate of drug-likeness (QED) is 0.538. The summed E-state index contributed by atoms with van der Waals surface area (Å²) in [7, 11) is 0. The number of fused-ring (bicyclic) bond motifs is 1. The molecule has 0 saturated heterocycles. The van der Waals surface area contributed by atoms with Crippen molar-refractivity contribution in [2.24, 2.45) is 23.7 Å². The van der Waals surface area contributed by atoms with E-state index < -0.39 is 0 Å². The first-order valence-corrected chi connectivity index (χ1v) is 7.47. The molecule has 1 heteroatoms. The van der Waals surface area contributed by atoms with E-state index in [-0.39, 0.29) is 0 Å². The predicted octanol–water partition coefficient (Wildman–Crippen LogP) is 4.27. The minimum absolute atomic E-state index is 1.11. The molecule has 2 aliphatic carbocycles. The molecule has 2 aliphatic rings. The third-order valence-electron chi connectivity index (χ3n) is 4.44. The van der Waals surface area contributed by atoms with E-state index in [1.54, 1.807) is 12.8 Å². The van der Waals surface area contributed by atoms with E-state index in [1.807, 2.05) is 0 Å². The molecule has 0 aromatic carbocycles. The van der Waals surface area contributed by atoms with Gasteiger partial charge in [-0.15, -0.1) is 0 Å². The van der Waals surface area contributed by atoms with Gasteiger partial charge in [0.25, 0.3) is 0 Å². The first-order valence-electron chi connectivity index (χ1n) is 5.94. The van der Waals surface area contributed by atoms with Crippen molar-refractivity contribution in [3.8, 4) is 0 Å². The maximum absolute atomic E-state index is 2.55. The Balaban J connectivity index is 1.94. The average molecular weight is 292 g/mol. The van der Waals surface area contributed by atoms with E-state index in [0.29, 0.717) is 0 Å². The van der Waals surface area contributed by atoms with Crippen molar-refractivity contribution in [2.75, 3.05) is 4.43 Å². The van der Waals surface area contributed by atoms with Crippen molar-refractivity contribution >= 4 is 22.6 Å². The summed E-state index contributed by atoms with van der Waals surface area (Å²) in [5.41, 5.74) is 0. The van der Waals surface area contributed by atoms with Crippen molar-refractivity contribution in [1.82, 2.24) is 0 Å². The maximum atomic E-state index is 2.55. The van der Waals surface area contributed by atoms with Crippen LogP contribution in [0.5, 0.6) is 0 Å². The first-order chi connectivity index (χ1) is 6.38. The van der Waals surface area contributed by atoms with Gasteiger partial charge in [-0.1, -0.05) is 48.8 Å². The largest absolute Gasteiger partial charge is 0.0864 e. The number of halogens is 1. The fourth-order valence-electron chi connectivity index (χ4n) is 3.90. The third-order valence-corrected chi connectivity index (χ3v) is 5.06. The SMILES string of the molecule is CCC1C(CCI)C2CCCCC12. The molecule has 0 aliphatic heterocycles. The Morgan fingerprint density at radius 1 is 1.08 bits per heavy atom. The molecule has 76 valence electrons. The standard InChI is InChI=1S/C12H21I/c1-2-9-10-5-3-4-6-11(10)12(9)7-8-13/h9-12H,2-8H2,1H3. The summed E-state index contributed by atoms with van der Waals surface area (Å²) in [5, 5.41) is 0. The van der Waals surface area contributed by atoms with Gasteiger partial charge in [0.2, 0.25) is 0 Å². The summed E-state index contributed by atoms with van der Waals surface area (Å²) in [6.07, 6.45) is 9.11. The normalized spacial score (nSPS) is 43.8. The first kappa shape index (κ1) is 10.3.